The van der Waals surface area contributed by atoms with Gasteiger partial charge in [-0.2, -0.15) is 0 Å². The number of benzene rings is 1. The number of nitrogens with zero attached hydrogens (tertiary/aromatic N) is 1. The van der Waals surface area contributed by atoms with Crippen LogP contribution in [0.3, 0.4) is 0 Å². The molecule has 0 saturated carbocycles. The first kappa shape index (κ1) is 15.9. The van der Waals surface area contributed by atoms with Gasteiger partial charge in [0.2, 0.25) is 0 Å². The van der Waals surface area contributed by atoms with Gasteiger partial charge in [-0.15, -0.1) is 6.58 Å². The minimum Gasteiger partial charge on any atom is -0.507 e. The molecule has 0 saturated heterocycles. The van der Waals surface area contributed by atoms with Crippen LogP contribution in [0.5, 0.6) is 5.75 Å². The summed E-state index contributed by atoms with van der Waals surface area (Å²) in [5, 5.41) is 19.1. The SMILES string of the molecule is C=CCc1cccc(C=NC(CCCN)C(=O)O)c1O. The first-order valence-electron chi connectivity index (χ1n) is 6.48. The Balaban J connectivity index is 2.89. The molecule has 0 aliphatic heterocycles. The van der Waals surface area contributed by atoms with Crippen molar-refractivity contribution in [2.75, 3.05) is 6.54 Å². The fourth-order valence-corrected chi connectivity index (χ4v) is 1.78. The Hall–Kier alpha value is -2.14. The fraction of sp³-hybridized carbons (Fsp3) is 0.333. The van der Waals surface area contributed by atoms with Crippen LogP contribution in [0.4, 0.5) is 0 Å². The van der Waals surface area contributed by atoms with Crippen molar-refractivity contribution in [1.29, 1.82) is 0 Å². The van der Waals surface area contributed by atoms with Gasteiger partial charge in [0.15, 0.2) is 0 Å². The smallest absolute Gasteiger partial charge is 0.328 e. The monoisotopic (exact) mass is 276 g/mol. The van der Waals surface area contributed by atoms with Gasteiger partial charge in [-0.1, -0.05) is 18.2 Å². The molecule has 1 aromatic carbocycles. The van der Waals surface area contributed by atoms with Gasteiger partial charge in [0, 0.05) is 11.8 Å². The third kappa shape index (κ3) is 4.51. The minimum absolute atomic E-state index is 0.110. The average molecular weight is 276 g/mol. The van der Waals surface area contributed by atoms with Crippen LogP contribution in [-0.2, 0) is 11.2 Å². The number of carboxylic acid groups (broad SMARTS) is 1. The average Bonchev–Trinajstić information content (AvgIpc) is 2.42. The number of hydrogen-bond acceptors (Lipinski definition) is 4. The van der Waals surface area contributed by atoms with Crippen molar-refractivity contribution in [3.8, 4) is 5.75 Å². The lowest BCUT2D eigenvalue weighted by Gasteiger charge is -2.07. The Kier molecular flexibility index (Phi) is 6.46. The van der Waals surface area contributed by atoms with Crippen molar-refractivity contribution in [2.45, 2.75) is 25.3 Å². The molecule has 0 heterocycles. The van der Waals surface area contributed by atoms with Gasteiger partial charge in [-0.25, -0.2) is 4.79 Å². The number of hydrogen-bond donors (Lipinski definition) is 3. The molecule has 0 fully saturated rings. The predicted octanol–water partition coefficient (Wildman–Crippen LogP) is 1.73. The van der Waals surface area contributed by atoms with Crippen LogP contribution in [0, 0.1) is 0 Å². The number of para-hydroxylation sites is 1. The number of aromatic hydroxyl groups is 1. The number of rotatable bonds is 8. The molecule has 5 nitrogen and oxygen atoms in total. The minimum atomic E-state index is -0.989. The zero-order chi connectivity index (χ0) is 15.0. The summed E-state index contributed by atoms with van der Waals surface area (Å²) in [4.78, 5) is 15.1. The summed E-state index contributed by atoms with van der Waals surface area (Å²) >= 11 is 0. The normalized spacial score (nSPS) is 12.4. The van der Waals surface area contributed by atoms with Gasteiger partial charge in [0.05, 0.1) is 0 Å². The lowest BCUT2D eigenvalue weighted by atomic mass is 10.1. The Morgan fingerprint density at radius 2 is 2.25 bits per heavy atom. The number of phenolic OH excluding ortho intramolecular Hbond substituents is 1. The molecule has 0 aromatic heterocycles. The first-order valence-corrected chi connectivity index (χ1v) is 6.48. The van der Waals surface area contributed by atoms with Crippen molar-refractivity contribution < 1.29 is 15.0 Å². The third-order valence-electron chi connectivity index (χ3n) is 2.88. The molecule has 1 rings (SSSR count). The molecule has 1 unspecified atom stereocenters. The fourth-order valence-electron chi connectivity index (χ4n) is 1.78. The van der Waals surface area contributed by atoms with E-state index in [-0.39, 0.29) is 5.75 Å². The van der Waals surface area contributed by atoms with E-state index in [2.05, 4.69) is 11.6 Å². The molecule has 0 aliphatic carbocycles. The number of aliphatic carboxylic acids is 1. The topological polar surface area (TPSA) is 95.9 Å². The standard InChI is InChI=1S/C15H20N2O3/c1-2-5-11-6-3-7-12(14(11)18)10-17-13(15(19)20)8-4-9-16/h2-3,6-7,10,13,18H,1,4-5,8-9,16H2,(H,19,20). The molecule has 108 valence electrons. The van der Waals surface area contributed by atoms with Gasteiger partial charge in [0.1, 0.15) is 11.8 Å². The summed E-state index contributed by atoms with van der Waals surface area (Å²) in [6, 6.07) is 4.43. The molecular formula is C15H20N2O3. The summed E-state index contributed by atoms with van der Waals surface area (Å²) in [5.41, 5.74) is 6.60. The van der Waals surface area contributed by atoms with Crippen molar-refractivity contribution in [2.24, 2.45) is 10.7 Å². The molecule has 0 spiro atoms. The highest BCUT2D eigenvalue weighted by Crippen LogP contribution is 2.22. The second kappa shape index (κ2) is 8.12. The lowest BCUT2D eigenvalue weighted by molar-refractivity contribution is -0.138. The van der Waals surface area contributed by atoms with E-state index in [0.717, 1.165) is 5.56 Å². The highest BCUT2D eigenvalue weighted by Gasteiger charge is 2.14. The molecule has 0 radical (unpaired) electrons. The maximum absolute atomic E-state index is 11.1. The predicted molar refractivity (Wildman–Crippen MR) is 79.3 cm³/mol. The molecule has 4 N–H and O–H groups in total. The molecule has 20 heavy (non-hydrogen) atoms. The number of carbonyl (C=O) groups is 1. The second-order valence-electron chi connectivity index (χ2n) is 4.41. The summed E-state index contributed by atoms with van der Waals surface area (Å²) in [7, 11) is 0. The third-order valence-corrected chi connectivity index (χ3v) is 2.88. The number of nitrogens with two attached hydrogens (primary N) is 1. The molecular weight excluding hydrogens is 256 g/mol. The van der Waals surface area contributed by atoms with Crippen molar-refractivity contribution >= 4 is 12.2 Å². The maximum atomic E-state index is 11.1. The van der Waals surface area contributed by atoms with Crippen LogP contribution < -0.4 is 5.73 Å². The van der Waals surface area contributed by atoms with Crippen LogP contribution in [-0.4, -0.2) is 35.0 Å². The van der Waals surface area contributed by atoms with Gasteiger partial charge >= 0.3 is 5.97 Å². The Morgan fingerprint density at radius 1 is 1.50 bits per heavy atom. The summed E-state index contributed by atoms with van der Waals surface area (Å²) < 4.78 is 0. The van der Waals surface area contributed by atoms with E-state index in [1.807, 2.05) is 0 Å². The quantitative estimate of drug-likeness (QED) is 0.497. The molecule has 1 aromatic rings. The van der Waals surface area contributed by atoms with Crippen molar-refractivity contribution in [3.05, 3.63) is 42.0 Å². The molecule has 0 bridgehead atoms. The van der Waals surface area contributed by atoms with E-state index < -0.39 is 12.0 Å². The number of carboxylic acids is 1. The Morgan fingerprint density at radius 3 is 2.85 bits per heavy atom. The number of phenols is 1. The van der Waals surface area contributed by atoms with Crippen molar-refractivity contribution in [3.63, 3.8) is 0 Å². The van der Waals surface area contributed by atoms with E-state index in [1.165, 1.54) is 6.21 Å². The van der Waals surface area contributed by atoms with E-state index in [4.69, 9.17) is 10.8 Å². The number of aliphatic imine (C=N–C) groups is 1. The van der Waals surface area contributed by atoms with E-state index >= 15 is 0 Å². The van der Waals surface area contributed by atoms with E-state index in [0.29, 0.717) is 31.4 Å². The summed E-state index contributed by atoms with van der Waals surface area (Å²) in [5.74, 6) is -0.879. The summed E-state index contributed by atoms with van der Waals surface area (Å²) in [6.07, 6.45) is 4.61. The maximum Gasteiger partial charge on any atom is 0.328 e. The van der Waals surface area contributed by atoms with E-state index in [1.54, 1.807) is 24.3 Å². The molecule has 0 aliphatic rings. The Labute approximate surface area is 118 Å². The lowest BCUT2D eigenvalue weighted by Crippen LogP contribution is -2.19. The molecule has 0 amide bonds. The highest BCUT2D eigenvalue weighted by atomic mass is 16.4. The molecule has 1 atom stereocenters. The zero-order valence-corrected chi connectivity index (χ0v) is 11.3. The van der Waals surface area contributed by atoms with Crippen LogP contribution >= 0.6 is 0 Å². The van der Waals surface area contributed by atoms with Crippen molar-refractivity contribution in [1.82, 2.24) is 0 Å². The van der Waals surface area contributed by atoms with Gasteiger partial charge in [-0.05, 0) is 37.4 Å². The largest absolute Gasteiger partial charge is 0.507 e. The first-order chi connectivity index (χ1) is 9.60. The van der Waals surface area contributed by atoms with E-state index in [9.17, 15) is 9.90 Å². The van der Waals surface area contributed by atoms with Crippen LogP contribution in [0.1, 0.15) is 24.0 Å². The van der Waals surface area contributed by atoms with Gasteiger partial charge in [-0.3, -0.25) is 4.99 Å². The van der Waals surface area contributed by atoms with Crippen LogP contribution in [0.25, 0.3) is 0 Å². The zero-order valence-electron chi connectivity index (χ0n) is 11.3. The van der Waals surface area contributed by atoms with Gasteiger partial charge < -0.3 is 15.9 Å². The second-order valence-corrected chi connectivity index (χ2v) is 4.41. The molecule has 5 heteroatoms. The number of allylic oxidation sites excluding steroid dienone is 1. The summed E-state index contributed by atoms with van der Waals surface area (Å²) in [6.45, 7) is 4.05. The van der Waals surface area contributed by atoms with Crippen LogP contribution in [0.2, 0.25) is 0 Å². The van der Waals surface area contributed by atoms with Crippen LogP contribution in [0.15, 0.2) is 35.8 Å². The van der Waals surface area contributed by atoms with Gasteiger partial charge in [0.25, 0.3) is 0 Å². The highest BCUT2D eigenvalue weighted by molar-refractivity contribution is 5.86. The Bertz CT molecular complexity index is 498.